The summed E-state index contributed by atoms with van der Waals surface area (Å²) in [5.41, 5.74) is 1.76. The number of carbonyl (C=O) groups is 2. The Morgan fingerprint density at radius 3 is 2.46 bits per heavy atom. The average Bonchev–Trinajstić information content (AvgIpc) is 2.18. The molecule has 0 fully saturated rings. The largest absolute Gasteiger partial charge is 0.429 e. The van der Waals surface area contributed by atoms with Gasteiger partial charge in [-0.05, 0) is 24.3 Å². The molecule has 0 bridgehead atoms. The highest BCUT2D eigenvalue weighted by Gasteiger charge is 2.02. The Morgan fingerprint density at radius 1 is 1.38 bits per heavy atom. The van der Waals surface area contributed by atoms with E-state index in [0.29, 0.717) is 12.2 Å². The van der Waals surface area contributed by atoms with Gasteiger partial charge in [-0.3, -0.25) is 14.8 Å². The Bertz CT molecular complexity index is 306. The molecule has 0 atom stereocenters. The molecule has 1 rings (SSSR count). The van der Waals surface area contributed by atoms with Crippen LogP contribution in [0.3, 0.4) is 0 Å². The molecule has 0 aromatic heterocycles. The SMILES string of the molecule is O=COc1ccc(C(=O)NO)cc1. The molecule has 1 amide bonds. The van der Waals surface area contributed by atoms with E-state index in [9.17, 15) is 9.59 Å². The zero-order chi connectivity index (χ0) is 9.68. The maximum Gasteiger partial charge on any atom is 0.298 e. The van der Waals surface area contributed by atoms with Crippen LogP contribution in [0.15, 0.2) is 24.3 Å². The molecule has 0 aliphatic rings. The minimum atomic E-state index is -0.613. The first-order valence-corrected chi connectivity index (χ1v) is 3.42. The zero-order valence-electron chi connectivity index (χ0n) is 6.56. The van der Waals surface area contributed by atoms with E-state index in [1.165, 1.54) is 29.7 Å². The molecule has 0 radical (unpaired) electrons. The molecule has 13 heavy (non-hydrogen) atoms. The van der Waals surface area contributed by atoms with Gasteiger partial charge in [0.1, 0.15) is 5.75 Å². The van der Waals surface area contributed by atoms with Crippen molar-refractivity contribution in [3.05, 3.63) is 29.8 Å². The lowest BCUT2D eigenvalue weighted by Gasteiger charge is -1.99. The molecular formula is C8H7NO4. The Balaban J connectivity index is 2.80. The summed E-state index contributed by atoms with van der Waals surface area (Å²) in [7, 11) is 0. The van der Waals surface area contributed by atoms with Gasteiger partial charge >= 0.3 is 0 Å². The first kappa shape index (κ1) is 9.21. The van der Waals surface area contributed by atoms with Crippen molar-refractivity contribution < 1.29 is 19.5 Å². The molecular weight excluding hydrogens is 174 g/mol. The zero-order valence-corrected chi connectivity index (χ0v) is 6.56. The summed E-state index contributed by atoms with van der Waals surface area (Å²) in [6, 6.07) is 5.73. The standard InChI is InChI=1S/C8H7NO4/c10-5-13-7-3-1-6(2-4-7)8(11)9-12/h1-5,12H,(H,9,11). The lowest BCUT2D eigenvalue weighted by Crippen LogP contribution is -2.18. The lowest BCUT2D eigenvalue weighted by molar-refractivity contribution is -0.120. The van der Waals surface area contributed by atoms with Crippen LogP contribution < -0.4 is 10.2 Å². The van der Waals surface area contributed by atoms with Gasteiger partial charge in [-0.25, -0.2) is 5.48 Å². The van der Waals surface area contributed by atoms with Gasteiger partial charge < -0.3 is 4.74 Å². The van der Waals surface area contributed by atoms with E-state index >= 15 is 0 Å². The van der Waals surface area contributed by atoms with Crippen molar-refractivity contribution in [2.75, 3.05) is 0 Å². The number of benzene rings is 1. The highest BCUT2D eigenvalue weighted by molar-refractivity contribution is 5.93. The van der Waals surface area contributed by atoms with Crippen LogP contribution in [0, 0.1) is 0 Å². The molecule has 0 aliphatic carbocycles. The third-order valence-electron chi connectivity index (χ3n) is 1.40. The Hall–Kier alpha value is -1.88. The molecule has 0 unspecified atom stereocenters. The van der Waals surface area contributed by atoms with Crippen molar-refractivity contribution in [2.24, 2.45) is 0 Å². The van der Waals surface area contributed by atoms with E-state index in [0.717, 1.165) is 0 Å². The lowest BCUT2D eigenvalue weighted by atomic mass is 10.2. The van der Waals surface area contributed by atoms with Gasteiger partial charge in [0.15, 0.2) is 0 Å². The monoisotopic (exact) mass is 181 g/mol. The normalized spacial score (nSPS) is 9.00. The third kappa shape index (κ3) is 2.28. The van der Waals surface area contributed by atoms with Crippen LogP contribution in [0.4, 0.5) is 0 Å². The van der Waals surface area contributed by atoms with Crippen LogP contribution in [0.1, 0.15) is 10.4 Å². The van der Waals surface area contributed by atoms with Crippen molar-refractivity contribution >= 4 is 12.4 Å². The number of hydrogen-bond acceptors (Lipinski definition) is 4. The predicted molar refractivity (Wildman–Crippen MR) is 42.4 cm³/mol. The van der Waals surface area contributed by atoms with Gasteiger partial charge in [0.05, 0.1) is 0 Å². The fourth-order valence-electron chi connectivity index (χ4n) is 0.805. The van der Waals surface area contributed by atoms with E-state index < -0.39 is 5.91 Å². The molecule has 0 saturated carbocycles. The van der Waals surface area contributed by atoms with Gasteiger partial charge in [0, 0.05) is 5.56 Å². The Labute approximate surface area is 73.9 Å². The molecule has 1 aromatic rings. The third-order valence-corrected chi connectivity index (χ3v) is 1.40. The average molecular weight is 181 g/mol. The number of hydrogen-bond donors (Lipinski definition) is 2. The highest BCUT2D eigenvalue weighted by Crippen LogP contribution is 2.10. The first-order valence-electron chi connectivity index (χ1n) is 3.42. The minimum absolute atomic E-state index is 0.278. The van der Waals surface area contributed by atoms with Crippen molar-refractivity contribution in [3.8, 4) is 5.75 Å². The van der Waals surface area contributed by atoms with Gasteiger partial charge in [-0.2, -0.15) is 0 Å². The topological polar surface area (TPSA) is 75.6 Å². The van der Waals surface area contributed by atoms with Crippen LogP contribution >= 0.6 is 0 Å². The van der Waals surface area contributed by atoms with Gasteiger partial charge in [0.2, 0.25) is 0 Å². The van der Waals surface area contributed by atoms with E-state index in [1.54, 1.807) is 0 Å². The van der Waals surface area contributed by atoms with Crippen molar-refractivity contribution in [1.82, 2.24) is 5.48 Å². The number of ether oxygens (including phenoxy) is 1. The van der Waals surface area contributed by atoms with Crippen LogP contribution in [0.25, 0.3) is 0 Å². The molecule has 0 saturated heterocycles. The summed E-state index contributed by atoms with van der Waals surface area (Å²) < 4.78 is 4.50. The number of hydroxylamine groups is 1. The number of rotatable bonds is 3. The van der Waals surface area contributed by atoms with E-state index in [-0.39, 0.29) is 5.56 Å². The molecule has 1 aromatic carbocycles. The molecule has 68 valence electrons. The Morgan fingerprint density at radius 2 is 2.00 bits per heavy atom. The quantitative estimate of drug-likeness (QED) is 0.400. The second kappa shape index (κ2) is 4.22. The van der Waals surface area contributed by atoms with Crippen LogP contribution in [0.2, 0.25) is 0 Å². The second-order valence-corrected chi connectivity index (χ2v) is 2.18. The predicted octanol–water partition coefficient (Wildman–Crippen LogP) is 0.341. The van der Waals surface area contributed by atoms with Crippen LogP contribution in [0.5, 0.6) is 5.75 Å². The van der Waals surface area contributed by atoms with Crippen LogP contribution in [-0.4, -0.2) is 17.6 Å². The summed E-state index contributed by atoms with van der Waals surface area (Å²) in [4.78, 5) is 20.7. The first-order chi connectivity index (χ1) is 6.27. The van der Waals surface area contributed by atoms with Gasteiger partial charge in [-0.1, -0.05) is 0 Å². The molecule has 5 heteroatoms. The van der Waals surface area contributed by atoms with Crippen molar-refractivity contribution in [2.45, 2.75) is 0 Å². The highest BCUT2D eigenvalue weighted by atomic mass is 16.5. The number of nitrogens with one attached hydrogen (secondary N) is 1. The van der Waals surface area contributed by atoms with Crippen molar-refractivity contribution in [1.29, 1.82) is 0 Å². The summed E-state index contributed by atoms with van der Waals surface area (Å²) in [5, 5.41) is 8.27. The Kier molecular flexibility index (Phi) is 2.99. The fraction of sp³-hybridized carbons (Fsp3) is 0. The van der Waals surface area contributed by atoms with Crippen molar-refractivity contribution in [3.63, 3.8) is 0 Å². The molecule has 0 spiro atoms. The van der Waals surface area contributed by atoms with E-state index in [1.807, 2.05) is 0 Å². The van der Waals surface area contributed by atoms with E-state index in [4.69, 9.17) is 5.21 Å². The summed E-state index contributed by atoms with van der Waals surface area (Å²) in [6.07, 6.45) is 0. The van der Waals surface area contributed by atoms with Crippen LogP contribution in [-0.2, 0) is 4.79 Å². The van der Waals surface area contributed by atoms with E-state index in [2.05, 4.69) is 4.74 Å². The minimum Gasteiger partial charge on any atom is -0.429 e. The number of amides is 1. The fourth-order valence-corrected chi connectivity index (χ4v) is 0.805. The molecule has 5 nitrogen and oxygen atoms in total. The maximum atomic E-state index is 10.8. The molecule has 0 aliphatic heterocycles. The maximum absolute atomic E-state index is 10.8. The summed E-state index contributed by atoms with van der Waals surface area (Å²) in [6.45, 7) is 0.293. The summed E-state index contributed by atoms with van der Waals surface area (Å²) >= 11 is 0. The van der Waals surface area contributed by atoms with Gasteiger partial charge in [0.25, 0.3) is 12.4 Å². The van der Waals surface area contributed by atoms with Gasteiger partial charge in [-0.15, -0.1) is 0 Å². The smallest absolute Gasteiger partial charge is 0.298 e. The summed E-state index contributed by atoms with van der Waals surface area (Å²) in [5.74, 6) is -0.276. The second-order valence-electron chi connectivity index (χ2n) is 2.18. The molecule has 0 heterocycles. The molecule has 2 N–H and O–H groups in total. The number of carbonyl (C=O) groups excluding carboxylic acids is 2.